The van der Waals surface area contributed by atoms with Gasteiger partial charge in [0.05, 0.1) is 29.4 Å². The molecule has 0 unspecified atom stereocenters. The molecule has 1 aromatic carbocycles. The first kappa shape index (κ1) is 19.1. The number of anilines is 1. The second-order valence-corrected chi connectivity index (χ2v) is 8.81. The van der Waals surface area contributed by atoms with Crippen LogP contribution in [0.1, 0.15) is 31.2 Å². The van der Waals surface area contributed by atoms with E-state index in [1.54, 1.807) is 17.2 Å². The fraction of sp³-hybridized carbons (Fsp3) is 0.391. The van der Waals surface area contributed by atoms with E-state index < -0.39 is 0 Å². The zero-order chi connectivity index (χ0) is 20.9. The Bertz CT molecular complexity index is 1090. The van der Waals surface area contributed by atoms with Crippen LogP contribution in [0.2, 0.25) is 0 Å². The van der Waals surface area contributed by atoms with Gasteiger partial charge in [-0.15, -0.1) is 0 Å². The molecule has 3 aromatic rings. The van der Waals surface area contributed by atoms with E-state index in [1.165, 1.54) is 11.8 Å². The molecule has 5 rings (SSSR count). The van der Waals surface area contributed by atoms with Gasteiger partial charge in [-0.3, -0.25) is 9.80 Å². The number of hydrogen-bond acceptors (Lipinski definition) is 3. The quantitative estimate of drug-likeness (QED) is 0.690. The monoisotopic (exact) mass is 407 g/mol. The minimum Gasteiger partial charge on any atom is -0.343 e. The number of halogens is 1. The summed E-state index contributed by atoms with van der Waals surface area (Å²) in [5.74, 6) is -0.357. The van der Waals surface area contributed by atoms with Crippen LogP contribution in [0.15, 0.2) is 48.8 Å². The van der Waals surface area contributed by atoms with Crippen molar-refractivity contribution in [1.29, 1.82) is 0 Å². The van der Waals surface area contributed by atoms with Crippen molar-refractivity contribution in [2.75, 3.05) is 25.5 Å². The fourth-order valence-electron chi connectivity index (χ4n) is 5.19. The summed E-state index contributed by atoms with van der Waals surface area (Å²) >= 11 is 0. The molecule has 0 radical (unpaired) electrons. The van der Waals surface area contributed by atoms with Crippen molar-refractivity contribution in [2.24, 2.45) is 0 Å². The summed E-state index contributed by atoms with van der Waals surface area (Å²) in [5.41, 5.74) is 2.14. The van der Waals surface area contributed by atoms with E-state index in [1.807, 2.05) is 6.07 Å². The number of urea groups is 1. The molecule has 1 spiro atoms. The van der Waals surface area contributed by atoms with Gasteiger partial charge in [0.25, 0.3) is 0 Å². The molecule has 156 valence electrons. The van der Waals surface area contributed by atoms with Gasteiger partial charge in [-0.25, -0.2) is 14.2 Å². The van der Waals surface area contributed by atoms with Crippen LogP contribution in [0, 0.1) is 5.82 Å². The summed E-state index contributed by atoms with van der Waals surface area (Å²) in [5, 5.41) is 3.64. The van der Waals surface area contributed by atoms with Gasteiger partial charge < -0.3 is 10.3 Å². The zero-order valence-electron chi connectivity index (χ0n) is 17.3. The second kappa shape index (κ2) is 6.80. The van der Waals surface area contributed by atoms with Crippen LogP contribution in [0.4, 0.5) is 14.9 Å². The van der Waals surface area contributed by atoms with E-state index in [0.717, 1.165) is 25.7 Å². The van der Waals surface area contributed by atoms with Crippen molar-refractivity contribution >= 4 is 22.8 Å². The Labute approximate surface area is 175 Å². The molecule has 1 aliphatic carbocycles. The zero-order valence-corrected chi connectivity index (χ0v) is 17.3. The van der Waals surface area contributed by atoms with Gasteiger partial charge in [-0.2, -0.15) is 0 Å². The molecule has 2 aromatic heterocycles. The summed E-state index contributed by atoms with van der Waals surface area (Å²) in [7, 11) is 4.27. The maximum Gasteiger partial charge on any atom is 0.322 e. The molecule has 30 heavy (non-hydrogen) atoms. The Kier molecular flexibility index (Phi) is 4.32. The summed E-state index contributed by atoms with van der Waals surface area (Å²) in [6.07, 6.45) is 6.61. The fourth-order valence-corrected chi connectivity index (χ4v) is 5.19. The molecule has 1 saturated heterocycles. The van der Waals surface area contributed by atoms with Crippen molar-refractivity contribution < 1.29 is 9.18 Å². The van der Waals surface area contributed by atoms with E-state index >= 15 is 0 Å². The molecule has 6 nitrogen and oxygen atoms in total. The van der Waals surface area contributed by atoms with Gasteiger partial charge in [-0.05, 0) is 51.4 Å². The Morgan fingerprint density at radius 1 is 1.13 bits per heavy atom. The largest absolute Gasteiger partial charge is 0.343 e. The smallest absolute Gasteiger partial charge is 0.322 e. The molecule has 0 bridgehead atoms. The SMILES string of the molecule is CN(C)[C@]1(c2ccccc2)CC[C@@]2(CC1)CN(c1cnc3[nH]cc(F)c3c1)C(=O)N2. The van der Waals surface area contributed by atoms with E-state index in [-0.39, 0.29) is 22.9 Å². The maximum atomic E-state index is 14.0. The minimum atomic E-state index is -0.357. The standard InChI is InChI=1S/C23H26FN5O/c1-28(2)23(16-6-4-3-5-7-16)10-8-22(9-11-23)15-29(21(30)27-22)17-12-18-19(24)14-26-20(18)25-13-17/h3-7,12-14H,8-11,15H2,1-2H3,(H,25,26)(H,27,30)/t22-,23-. The van der Waals surface area contributed by atoms with Crippen molar-refractivity contribution in [1.82, 2.24) is 20.2 Å². The van der Waals surface area contributed by atoms with Crippen LogP contribution in [0.5, 0.6) is 0 Å². The highest BCUT2D eigenvalue weighted by molar-refractivity contribution is 5.96. The number of pyridine rings is 1. The van der Waals surface area contributed by atoms with Crippen LogP contribution < -0.4 is 10.2 Å². The van der Waals surface area contributed by atoms with Crippen molar-refractivity contribution in [3.63, 3.8) is 0 Å². The molecule has 2 fully saturated rings. The summed E-state index contributed by atoms with van der Waals surface area (Å²) < 4.78 is 14.0. The lowest BCUT2D eigenvalue weighted by Crippen LogP contribution is -2.54. The summed E-state index contributed by atoms with van der Waals surface area (Å²) in [6.45, 7) is 0.573. The molecule has 0 atom stereocenters. The van der Waals surface area contributed by atoms with Crippen molar-refractivity contribution in [3.05, 3.63) is 60.2 Å². The number of amides is 2. The third-order valence-electron chi connectivity index (χ3n) is 7.06. The molecule has 7 heteroatoms. The van der Waals surface area contributed by atoms with Crippen molar-refractivity contribution in [3.8, 4) is 0 Å². The number of rotatable bonds is 3. The molecule has 2 N–H and O–H groups in total. The summed E-state index contributed by atoms with van der Waals surface area (Å²) in [4.78, 5) is 23.9. The Morgan fingerprint density at radius 3 is 2.57 bits per heavy atom. The van der Waals surface area contributed by atoms with Gasteiger partial charge in [0, 0.05) is 11.7 Å². The predicted octanol–water partition coefficient (Wildman–Crippen LogP) is 4.00. The highest BCUT2D eigenvalue weighted by atomic mass is 19.1. The number of carbonyl (C=O) groups is 1. The van der Waals surface area contributed by atoms with Gasteiger partial charge in [-0.1, -0.05) is 30.3 Å². The molecule has 1 saturated carbocycles. The Hall–Kier alpha value is -2.93. The van der Waals surface area contributed by atoms with Gasteiger partial charge in [0.2, 0.25) is 0 Å². The molecular formula is C23H26FN5O. The molecule has 2 aliphatic rings. The van der Waals surface area contributed by atoms with Crippen LogP contribution in [0.25, 0.3) is 11.0 Å². The third-order valence-corrected chi connectivity index (χ3v) is 7.06. The second-order valence-electron chi connectivity index (χ2n) is 8.81. The Balaban J connectivity index is 1.39. The lowest BCUT2D eigenvalue weighted by atomic mass is 9.69. The van der Waals surface area contributed by atoms with Crippen LogP contribution in [-0.2, 0) is 5.54 Å². The molecule has 3 heterocycles. The molecular weight excluding hydrogens is 381 g/mol. The first-order valence-electron chi connectivity index (χ1n) is 10.4. The number of hydrogen-bond donors (Lipinski definition) is 2. The van der Waals surface area contributed by atoms with Gasteiger partial charge in [0.15, 0.2) is 0 Å². The minimum absolute atomic E-state index is 0.0284. The highest BCUT2D eigenvalue weighted by Crippen LogP contribution is 2.46. The lowest BCUT2D eigenvalue weighted by molar-refractivity contribution is 0.0658. The molecule has 2 amide bonds. The first-order valence-corrected chi connectivity index (χ1v) is 10.4. The van der Waals surface area contributed by atoms with E-state index in [0.29, 0.717) is 23.3 Å². The van der Waals surface area contributed by atoms with Gasteiger partial charge in [0.1, 0.15) is 11.5 Å². The first-order chi connectivity index (χ1) is 14.4. The molecule has 1 aliphatic heterocycles. The normalized spacial score (nSPS) is 26.7. The number of aromatic nitrogens is 2. The maximum absolute atomic E-state index is 14.0. The van der Waals surface area contributed by atoms with E-state index in [4.69, 9.17) is 0 Å². The van der Waals surface area contributed by atoms with E-state index in [2.05, 4.69) is 58.5 Å². The van der Waals surface area contributed by atoms with Crippen LogP contribution >= 0.6 is 0 Å². The van der Waals surface area contributed by atoms with Crippen LogP contribution in [0.3, 0.4) is 0 Å². The lowest BCUT2D eigenvalue weighted by Gasteiger charge is -2.48. The average Bonchev–Trinajstić information content (AvgIpc) is 3.29. The number of fused-ring (bicyclic) bond motifs is 1. The number of H-pyrrole nitrogens is 1. The average molecular weight is 407 g/mol. The van der Waals surface area contributed by atoms with Crippen LogP contribution in [-0.4, -0.2) is 47.1 Å². The summed E-state index contributed by atoms with van der Waals surface area (Å²) in [6, 6.07) is 12.2. The highest BCUT2D eigenvalue weighted by Gasteiger charge is 2.50. The van der Waals surface area contributed by atoms with E-state index in [9.17, 15) is 9.18 Å². The van der Waals surface area contributed by atoms with Gasteiger partial charge >= 0.3 is 6.03 Å². The Morgan fingerprint density at radius 2 is 1.87 bits per heavy atom. The topological polar surface area (TPSA) is 64.3 Å². The predicted molar refractivity (Wildman–Crippen MR) is 115 cm³/mol. The number of nitrogens with zero attached hydrogens (tertiary/aromatic N) is 3. The number of nitrogens with one attached hydrogen (secondary N) is 2. The van der Waals surface area contributed by atoms with Crippen molar-refractivity contribution in [2.45, 2.75) is 36.8 Å². The third kappa shape index (κ3) is 2.88. The number of benzene rings is 1. The number of aromatic amines is 1. The number of carbonyl (C=O) groups excluding carboxylic acids is 1.